The first kappa shape index (κ1) is 21.3. The molecular formula is C28H27N3O2. The Kier molecular flexibility index (Phi) is 5.41. The molecule has 0 fully saturated rings. The molecule has 2 aliphatic rings. The molecule has 0 spiro atoms. The summed E-state index contributed by atoms with van der Waals surface area (Å²) in [5.41, 5.74) is 3.69. The van der Waals surface area contributed by atoms with E-state index in [-0.39, 0.29) is 29.8 Å². The number of nitrogens with one attached hydrogen (secondary N) is 1. The highest BCUT2D eigenvalue weighted by Crippen LogP contribution is 2.43. The van der Waals surface area contributed by atoms with Crippen LogP contribution in [-0.4, -0.2) is 33.3 Å². The maximum Gasteiger partial charge on any atom is 0.187 e. The number of aliphatic imine (C=N–C) groups is 1. The van der Waals surface area contributed by atoms with Gasteiger partial charge in [-0.25, -0.2) is 4.98 Å². The molecule has 0 bridgehead atoms. The van der Waals surface area contributed by atoms with Crippen LogP contribution in [-0.2, 0) is 4.79 Å². The van der Waals surface area contributed by atoms with Gasteiger partial charge in [-0.3, -0.25) is 14.6 Å². The molecule has 1 aliphatic carbocycles. The molecule has 2 heterocycles. The molecule has 5 rings (SSSR count). The number of hydrogen-bond donors (Lipinski definition) is 1. The molecule has 0 amide bonds. The molecule has 2 aromatic carbocycles. The molecule has 5 heteroatoms. The fraction of sp³-hybridized carbons (Fsp3) is 0.286. The number of dihydropyridines is 1. The van der Waals surface area contributed by atoms with Crippen molar-refractivity contribution >= 4 is 23.4 Å². The van der Waals surface area contributed by atoms with Crippen LogP contribution < -0.4 is 0 Å². The van der Waals surface area contributed by atoms with E-state index < -0.39 is 5.54 Å². The number of carbonyl (C=O) groups excluding carboxylic acids is 2. The Morgan fingerprint density at radius 1 is 0.909 bits per heavy atom. The highest BCUT2D eigenvalue weighted by molar-refractivity contribution is 6.29. The Balaban J connectivity index is 1.54. The van der Waals surface area contributed by atoms with Crippen molar-refractivity contribution in [2.75, 3.05) is 0 Å². The van der Waals surface area contributed by atoms with Gasteiger partial charge in [-0.1, -0.05) is 74.5 Å². The lowest BCUT2D eigenvalue weighted by molar-refractivity contribution is -0.121. The van der Waals surface area contributed by atoms with Crippen LogP contribution >= 0.6 is 0 Å². The van der Waals surface area contributed by atoms with Crippen LogP contribution in [0.25, 0.3) is 5.57 Å². The SMILES string of the molecule is CC(CC1(CC(C)c2ccccc2)N=CC2=C(CC(=O)c3[nH]cnc32)C1=O)c1ccccc1. The van der Waals surface area contributed by atoms with E-state index in [9.17, 15) is 9.59 Å². The van der Waals surface area contributed by atoms with Crippen molar-refractivity contribution in [3.63, 3.8) is 0 Å². The molecule has 0 radical (unpaired) electrons. The molecule has 3 aromatic rings. The quantitative estimate of drug-likeness (QED) is 0.551. The van der Waals surface area contributed by atoms with Gasteiger partial charge in [0.2, 0.25) is 0 Å². The van der Waals surface area contributed by atoms with Crippen molar-refractivity contribution in [3.8, 4) is 0 Å². The molecule has 1 aromatic heterocycles. The summed E-state index contributed by atoms with van der Waals surface area (Å²) in [5.74, 6) is 0.147. The number of nitrogens with zero attached hydrogens (tertiary/aromatic N) is 2. The summed E-state index contributed by atoms with van der Waals surface area (Å²) in [7, 11) is 0. The summed E-state index contributed by atoms with van der Waals surface area (Å²) in [6.45, 7) is 4.30. The van der Waals surface area contributed by atoms with Crippen molar-refractivity contribution < 1.29 is 9.59 Å². The zero-order chi connectivity index (χ0) is 23.0. The van der Waals surface area contributed by atoms with Crippen molar-refractivity contribution in [1.82, 2.24) is 9.97 Å². The number of ketones is 2. The molecule has 0 saturated heterocycles. The summed E-state index contributed by atoms with van der Waals surface area (Å²) in [5, 5.41) is 0. The first-order valence-electron chi connectivity index (χ1n) is 11.5. The third-order valence-electron chi connectivity index (χ3n) is 7.00. The molecule has 1 N–H and O–H groups in total. The first-order valence-corrected chi connectivity index (χ1v) is 11.5. The van der Waals surface area contributed by atoms with Crippen LogP contribution in [0.2, 0.25) is 0 Å². The van der Waals surface area contributed by atoms with Crippen LogP contribution in [0.4, 0.5) is 0 Å². The second kappa shape index (κ2) is 8.39. The minimum Gasteiger partial charge on any atom is -0.342 e. The normalized spacial score (nSPS) is 21.5. The average molecular weight is 438 g/mol. The molecule has 0 saturated carbocycles. The van der Waals surface area contributed by atoms with E-state index in [1.54, 1.807) is 6.21 Å². The molecule has 33 heavy (non-hydrogen) atoms. The fourth-order valence-corrected chi connectivity index (χ4v) is 5.25. The van der Waals surface area contributed by atoms with Gasteiger partial charge in [0.25, 0.3) is 0 Å². The van der Waals surface area contributed by atoms with E-state index in [1.165, 1.54) is 17.5 Å². The summed E-state index contributed by atoms with van der Waals surface area (Å²) >= 11 is 0. The smallest absolute Gasteiger partial charge is 0.187 e. The first-order chi connectivity index (χ1) is 16.0. The highest BCUT2D eigenvalue weighted by atomic mass is 16.1. The Labute approximate surface area is 193 Å². The van der Waals surface area contributed by atoms with Crippen molar-refractivity contribution in [1.29, 1.82) is 0 Å². The minimum absolute atomic E-state index is 0.0347. The van der Waals surface area contributed by atoms with E-state index in [0.29, 0.717) is 35.4 Å². The van der Waals surface area contributed by atoms with Gasteiger partial charge in [-0.15, -0.1) is 0 Å². The maximum atomic E-state index is 14.1. The van der Waals surface area contributed by atoms with Gasteiger partial charge < -0.3 is 4.98 Å². The predicted octanol–water partition coefficient (Wildman–Crippen LogP) is 5.53. The van der Waals surface area contributed by atoms with Gasteiger partial charge in [-0.2, -0.15) is 0 Å². The summed E-state index contributed by atoms with van der Waals surface area (Å²) in [6.07, 6.45) is 4.56. The largest absolute Gasteiger partial charge is 0.342 e. The highest BCUT2D eigenvalue weighted by Gasteiger charge is 2.46. The Morgan fingerprint density at radius 3 is 2.06 bits per heavy atom. The average Bonchev–Trinajstić information content (AvgIpc) is 3.34. The van der Waals surface area contributed by atoms with Crippen LogP contribution in [0.5, 0.6) is 0 Å². The number of hydrogen-bond acceptors (Lipinski definition) is 4. The number of aromatic nitrogens is 2. The molecular weight excluding hydrogens is 410 g/mol. The van der Waals surface area contributed by atoms with Gasteiger partial charge >= 0.3 is 0 Å². The zero-order valence-corrected chi connectivity index (χ0v) is 18.9. The Morgan fingerprint density at radius 2 is 1.48 bits per heavy atom. The third kappa shape index (κ3) is 3.78. The second-order valence-electron chi connectivity index (χ2n) is 9.27. The number of imidazole rings is 1. The predicted molar refractivity (Wildman–Crippen MR) is 130 cm³/mol. The third-order valence-corrected chi connectivity index (χ3v) is 7.00. The topological polar surface area (TPSA) is 75.2 Å². The van der Waals surface area contributed by atoms with Crippen molar-refractivity contribution in [3.05, 3.63) is 95.1 Å². The number of H-pyrrole nitrogens is 1. The Bertz CT molecular complexity index is 1210. The second-order valence-corrected chi connectivity index (χ2v) is 9.27. The molecule has 166 valence electrons. The van der Waals surface area contributed by atoms with Crippen LogP contribution in [0.1, 0.15) is 72.3 Å². The van der Waals surface area contributed by atoms with Gasteiger partial charge in [0.1, 0.15) is 16.9 Å². The molecule has 2 unspecified atom stereocenters. The van der Waals surface area contributed by atoms with Gasteiger partial charge in [-0.05, 0) is 35.8 Å². The maximum absolute atomic E-state index is 14.1. The number of Topliss-reactive ketones (excluding diaryl/α,β-unsaturated/α-hetero) is 2. The van der Waals surface area contributed by atoms with E-state index in [2.05, 4.69) is 48.1 Å². The van der Waals surface area contributed by atoms with Gasteiger partial charge in [0.05, 0.1) is 6.33 Å². The number of benzene rings is 2. The number of rotatable bonds is 6. The van der Waals surface area contributed by atoms with Crippen LogP contribution in [0.15, 0.2) is 77.6 Å². The van der Waals surface area contributed by atoms with E-state index in [4.69, 9.17) is 4.99 Å². The lowest BCUT2D eigenvalue weighted by Crippen LogP contribution is -2.44. The lowest BCUT2D eigenvalue weighted by atomic mass is 9.70. The molecule has 2 atom stereocenters. The Hall–Kier alpha value is -3.60. The number of aromatic amines is 1. The zero-order valence-electron chi connectivity index (χ0n) is 18.9. The van der Waals surface area contributed by atoms with E-state index in [0.717, 1.165) is 0 Å². The monoisotopic (exact) mass is 437 g/mol. The molecule has 5 nitrogen and oxygen atoms in total. The van der Waals surface area contributed by atoms with Crippen LogP contribution in [0, 0.1) is 0 Å². The van der Waals surface area contributed by atoms with Gasteiger partial charge in [0.15, 0.2) is 11.6 Å². The number of fused-ring (bicyclic) bond motifs is 2. The minimum atomic E-state index is -0.919. The van der Waals surface area contributed by atoms with E-state index >= 15 is 0 Å². The fourth-order valence-electron chi connectivity index (χ4n) is 5.25. The number of allylic oxidation sites excluding steroid dienone is 1. The van der Waals surface area contributed by atoms with Crippen molar-refractivity contribution in [2.45, 2.75) is 50.5 Å². The van der Waals surface area contributed by atoms with Crippen LogP contribution in [0.3, 0.4) is 0 Å². The summed E-state index contributed by atoms with van der Waals surface area (Å²) in [6, 6.07) is 20.5. The number of carbonyl (C=O) groups is 2. The van der Waals surface area contributed by atoms with Crippen molar-refractivity contribution in [2.24, 2.45) is 4.99 Å². The summed E-state index contributed by atoms with van der Waals surface area (Å²) in [4.78, 5) is 39.1. The molecule has 1 aliphatic heterocycles. The summed E-state index contributed by atoms with van der Waals surface area (Å²) < 4.78 is 0. The van der Waals surface area contributed by atoms with E-state index in [1.807, 2.05) is 36.4 Å². The standard InChI is InChI=1S/C28H27N3O2/c1-18(20-9-5-3-6-10-20)14-28(15-19(2)21-11-7-4-8-12-21)27(33)22-13-24(32)26-25(29-17-30-26)23(22)16-31-28/h3-12,16-19H,13-15H2,1-2H3,(H,29,30). The lowest BCUT2D eigenvalue weighted by Gasteiger charge is -2.37. The van der Waals surface area contributed by atoms with Gasteiger partial charge in [0, 0.05) is 23.8 Å².